The number of aromatic nitrogens is 3. The standard InChI is InChI=1S/C44H55BrN4O5/c1-6-9-26-51-30-38-41(52-27-10-7-2)43(4,53-28-11-8-3)40(54-38)37-29-36(45)39-42(46-31-47-49(37)39)48-44(32-18-14-12-15-19-32,33-20-16-13-17-21-33)34-22-24-35(50-5)25-23-34/h12-25,29,31,38,40-41H,6-11,26-28,30H2,1-5H3,(H,46,47,48)/t38-,40+,41-,43+/m1/s1. The van der Waals surface area contributed by atoms with Crippen LogP contribution in [0, 0.1) is 0 Å². The van der Waals surface area contributed by atoms with E-state index in [2.05, 4.69) is 116 Å². The molecule has 2 aromatic heterocycles. The summed E-state index contributed by atoms with van der Waals surface area (Å²) in [5, 5.41) is 8.83. The molecule has 0 aliphatic carbocycles. The van der Waals surface area contributed by atoms with Crippen molar-refractivity contribution in [2.75, 3.05) is 38.9 Å². The molecule has 0 saturated carbocycles. The van der Waals surface area contributed by atoms with E-state index in [0.29, 0.717) is 32.2 Å². The van der Waals surface area contributed by atoms with Gasteiger partial charge in [-0.3, -0.25) is 0 Å². The zero-order valence-electron chi connectivity index (χ0n) is 32.3. The van der Waals surface area contributed by atoms with Gasteiger partial charge in [-0.1, -0.05) is 113 Å². The number of unbranched alkanes of at least 4 members (excludes halogenated alkanes) is 3. The van der Waals surface area contributed by atoms with Gasteiger partial charge in [0.05, 0.1) is 19.4 Å². The molecule has 0 spiro atoms. The van der Waals surface area contributed by atoms with Crippen LogP contribution in [0.15, 0.2) is 102 Å². The van der Waals surface area contributed by atoms with Crippen LogP contribution in [0.4, 0.5) is 5.82 Å². The maximum absolute atomic E-state index is 7.00. The number of fused-ring (bicyclic) bond motifs is 1. The van der Waals surface area contributed by atoms with E-state index < -0.39 is 17.2 Å². The molecule has 0 radical (unpaired) electrons. The van der Waals surface area contributed by atoms with Crippen molar-refractivity contribution < 1.29 is 23.7 Å². The average Bonchev–Trinajstić information content (AvgIpc) is 3.69. The molecule has 1 fully saturated rings. The summed E-state index contributed by atoms with van der Waals surface area (Å²) in [6.07, 6.45) is 6.45. The number of ether oxygens (including phenoxy) is 5. The molecule has 3 aromatic carbocycles. The van der Waals surface area contributed by atoms with E-state index in [9.17, 15) is 0 Å². The molecule has 6 rings (SSSR count). The van der Waals surface area contributed by atoms with E-state index in [4.69, 9.17) is 33.8 Å². The molecule has 54 heavy (non-hydrogen) atoms. The fourth-order valence-electron chi connectivity index (χ4n) is 7.47. The number of halogens is 1. The van der Waals surface area contributed by atoms with Gasteiger partial charge in [0.25, 0.3) is 0 Å². The van der Waals surface area contributed by atoms with Crippen molar-refractivity contribution in [2.45, 2.75) is 95.7 Å². The Labute approximate surface area is 328 Å². The second-order valence-electron chi connectivity index (χ2n) is 14.1. The highest BCUT2D eigenvalue weighted by Crippen LogP contribution is 2.48. The van der Waals surface area contributed by atoms with E-state index in [1.807, 2.05) is 28.8 Å². The molecule has 3 heterocycles. The summed E-state index contributed by atoms with van der Waals surface area (Å²) >= 11 is 3.94. The third-order valence-electron chi connectivity index (χ3n) is 10.4. The number of anilines is 1. The number of methoxy groups -OCH3 is 1. The Kier molecular flexibility index (Phi) is 13.8. The fraction of sp³-hybridized carbons (Fsp3) is 0.455. The van der Waals surface area contributed by atoms with Crippen LogP contribution in [-0.4, -0.2) is 65.9 Å². The van der Waals surface area contributed by atoms with Crippen LogP contribution in [0.25, 0.3) is 5.52 Å². The topological polar surface area (TPSA) is 88.4 Å². The highest BCUT2D eigenvalue weighted by atomic mass is 79.9. The lowest BCUT2D eigenvalue weighted by atomic mass is 9.77. The smallest absolute Gasteiger partial charge is 0.156 e. The van der Waals surface area contributed by atoms with E-state index in [1.165, 1.54) is 0 Å². The van der Waals surface area contributed by atoms with E-state index in [-0.39, 0.29) is 12.2 Å². The van der Waals surface area contributed by atoms with Gasteiger partial charge in [0.15, 0.2) is 5.82 Å². The third kappa shape index (κ3) is 8.23. The fourth-order valence-corrected chi connectivity index (χ4v) is 8.06. The first-order chi connectivity index (χ1) is 26.4. The van der Waals surface area contributed by atoms with Gasteiger partial charge < -0.3 is 29.0 Å². The first-order valence-electron chi connectivity index (χ1n) is 19.5. The highest BCUT2D eigenvalue weighted by molar-refractivity contribution is 9.10. The van der Waals surface area contributed by atoms with E-state index >= 15 is 0 Å². The summed E-state index contributed by atoms with van der Waals surface area (Å²) in [6.45, 7) is 11.0. The number of hydrogen-bond donors (Lipinski definition) is 1. The normalized spacial score (nSPS) is 20.1. The second kappa shape index (κ2) is 18.7. The van der Waals surface area contributed by atoms with E-state index in [0.717, 1.165) is 76.6 Å². The minimum absolute atomic E-state index is 0.321. The molecule has 9 nitrogen and oxygen atoms in total. The van der Waals surface area contributed by atoms with Crippen LogP contribution in [0.3, 0.4) is 0 Å². The maximum Gasteiger partial charge on any atom is 0.156 e. The van der Waals surface area contributed by atoms with Gasteiger partial charge in [-0.25, -0.2) is 9.50 Å². The Morgan fingerprint density at radius 3 is 2.07 bits per heavy atom. The van der Waals surface area contributed by atoms with Crippen molar-refractivity contribution in [3.63, 3.8) is 0 Å². The average molecular weight is 800 g/mol. The van der Waals surface area contributed by atoms with Gasteiger partial charge >= 0.3 is 0 Å². The second-order valence-corrected chi connectivity index (χ2v) is 15.0. The van der Waals surface area contributed by atoms with Gasteiger partial charge in [0.1, 0.15) is 47.0 Å². The zero-order valence-corrected chi connectivity index (χ0v) is 33.9. The number of rotatable bonds is 20. The van der Waals surface area contributed by atoms with Crippen molar-refractivity contribution in [3.05, 3.63) is 124 Å². The molecule has 5 aromatic rings. The number of nitrogens with zero attached hydrogens (tertiary/aromatic N) is 3. The van der Waals surface area contributed by atoms with Crippen molar-refractivity contribution in [3.8, 4) is 5.75 Å². The van der Waals surface area contributed by atoms with E-state index in [1.54, 1.807) is 13.4 Å². The molecule has 0 bridgehead atoms. The summed E-state index contributed by atoms with van der Waals surface area (Å²) in [4.78, 5) is 4.92. The maximum atomic E-state index is 7.00. The van der Waals surface area contributed by atoms with Gasteiger partial charge in [-0.2, -0.15) is 5.10 Å². The van der Waals surface area contributed by atoms with Crippen molar-refractivity contribution in [2.24, 2.45) is 0 Å². The van der Waals surface area contributed by atoms with Crippen LogP contribution < -0.4 is 10.1 Å². The molecule has 1 aliphatic rings. The Morgan fingerprint density at radius 1 is 0.833 bits per heavy atom. The summed E-state index contributed by atoms with van der Waals surface area (Å²) in [7, 11) is 1.68. The molecular weight excluding hydrogens is 744 g/mol. The summed E-state index contributed by atoms with van der Waals surface area (Å²) in [5.74, 6) is 1.43. The molecule has 1 N–H and O–H groups in total. The van der Waals surface area contributed by atoms with Crippen molar-refractivity contribution >= 4 is 27.3 Å². The summed E-state index contributed by atoms with van der Waals surface area (Å²) < 4.78 is 35.1. The molecule has 1 aliphatic heterocycles. The van der Waals surface area contributed by atoms with Crippen LogP contribution in [-0.2, 0) is 24.5 Å². The Hall–Kier alpha value is -3.80. The summed E-state index contributed by atoms with van der Waals surface area (Å²) in [5.41, 5.74) is 3.10. The molecular formula is C44H55BrN4O5. The Bertz CT molecular complexity index is 1850. The lowest BCUT2D eigenvalue weighted by molar-refractivity contribution is -0.138. The van der Waals surface area contributed by atoms with Gasteiger partial charge in [0, 0.05) is 24.3 Å². The van der Waals surface area contributed by atoms with Gasteiger partial charge in [-0.05, 0) is 77.0 Å². The first kappa shape index (κ1) is 39.9. The molecule has 1 saturated heterocycles. The molecule has 10 heteroatoms. The molecule has 4 atom stereocenters. The predicted octanol–water partition coefficient (Wildman–Crippen LogP) is 9.92. The van der Waals surface area contributed by atoms with Gasteiger partial charge in [0.2, 0.25) is 0 Å². The largest absolute Gasteiger partial charge is 0.497 e. The lowest BCUT2D eigenvalue weighted by Crippen LogP contribution is -2.48. The third-order valence-corrected chi connectivity index (χ3v) is 11.0. The van der Waals surface area contributed by atoms with Crippen molar-refractivity contribution in [1.82, 2.24) is 14.6 Å². The van der Waals surface area contributed by atoms with Crippen LogP contribution in [0.5, 0.6) is 5.75 Å². The van der Waals surface area contributed by atoms with Crippen LogP contribution in [0.1, 0.15) is 94.7 Å². The molecule has 0 amide bonds. The quantitative estimate of drug-likeness (QED) is 0.0615. The zero-order chi connectivity index (χ0) is 38.0. The van der Waals surface area contributed by atoms with Crippen LogP contribution >= 0.6 is 15.9 Å². The number of hydrogen-bond acceptors (Lipinski definition) is 8. The molecule has 0 unspecified atom stereocenters. The van der Waals surface area contributed by atoms with Crippen LogP contribution in [0.2, 0.25) is 0 Å². The van der Waals surface area contributed by atoms with Crippen molar-refractivity contribution in [1.29, 1.82) is 0 Å². The minimum Gasteiger partial charge on any atom is -0.497 e. The monoisotopic (exact) mass is 798 g/mol. The summed E-state index contributed by atoms with van der Waals surface area (Å²) in [6, 6.07) is 31.2. The molecule has 288 valence electrons. The first-order valence-corrected chi connectivity index (χ1v) is 20.2. The lowest BCUT2D eigenvalue weighted by Gasteiger charge is -2.37. The SMILES string of the molecule is CCCCOC[C@H]1O[C@@H](c2cc(Br)c3c(NC(c4ccccc4)(c4ccccc4)c4ccc(OC)cc4)ncnn23)[C@](C)(OCCCC)[C@@H]1OCCCC. The Morgan fingerprint density at radius 2 is 1.44 bits per heavy atom. The number of benzene rings is 3. The highest BCUT2D eigenvalue weighted by Gasteiger charge is 2.57. The number of nitrogens with one attached hydrogen (secondary N) is 1. The minimum atomic E-state index is -0.839. The van der Waals surface area contributed by atoms with Gasteiger partial charge in [-0.15, -0.1) is 0 Å². The Balaban J connectivity index is 1.48. The predicted molar refractivity (Wildman–Crippen MR) is 217 cm³/mol.